The number of hydrogen-bond donors (Lipinski definition) is 1. The first-order valence-corrected chi connectivity index (χ1v) is 9.50. The summed E-state index contributed by atoms with van der Waals surface area (Å²) in [7, 11) is 0. The van der Waals surface area contributed by atoms with Gasteiger partial charge in [0.25, 0.3) is 5.91 Å². The van der Waals surface area contributed by atoms with E-state index in [0.717, 1.165) is 25.7 Å². The number of thiazole rings is 1. The first-order chi connectivity index (χ1) is 12.2. The number of para-hydroxylation sites is 1. The number of fused-ring (bicyclic) bond motifs is 1. The summed E-state index contributed by atoms with van der Waals surface area (Å²) in [6.45, 7) is 1.97. The van der Waals surface area contributed by atoms with Crippen molar-refractivity contribution in [3.63, 3.8) is 0 Å². The van der Waals surface area contributed by atoms with Crippen LogP contribution >= 0.6 is 22.7 Å². The molecule has 124 valence electrons. The van der Waals surface area contributed by atoms with Gasteiger partial charge in [-0.05, 0) is 48.9 Å². The van der Waals surface area contributed by atoms with Crippen LogP contribution < -0.4 is 5.32 Å². The molecule has 0 aliphatic rings. The molecule has 4 rings (SSSR count). The van der Waals surface area contributed by atoms with Gasteiger partial charge in [-0.15, -0.1) is 22.7 Å². The number of aromatic nitrogens is 2. The smallest absolute Gasteiger partial charge is 0.261 e. The van der Waals surface area contributed by atoms with Crippen molar-refractivity contribution in [3.05, 3.63) is 71.4 Å². The number of nitrogens with zero attached hydrogens (tertiary/aromatic N) is 2. The number of hydrogen-bond acceptors (Lipinski definition) is 5. The van der Waals surface area contributed by atoms with Crippen molar-refractivity contribution in [1.29, 1.82) is 0 Å². The molecule has 1 amide bonds. The lowest BCUT2D eigenvalue weighted by atomic mass is 10.1. The largest absolute Gasteiger partial charge is 0.345 e. The third-order valence-corrected chi connectivity index (χ3v) is 6.18. The van der Waals surface area contributed by atoms with Gasteiger partial charge in [0.05, 0.1) is 26.0 Å². The number of pyridine rings is 1. The minimum atomic E-state index is -0.0679. The lowest BCUT2D eigenvalue weighted by Crippen LogP contribution is -2.25. The molecule has 4 nitrogen and oxygen atoms in total. The average Bonchev–Trinajstić information content (AvgIpc) is 3.29. The summed E-state index contributed by atoms with van der Waals surface area (Å²) in [5, 5.41) is 3.98. The van der Waals surface area contributed by atoms with Gasteiger partial charge in [-0.2, -0.15) is 0 Å². The summed E-state index contributed by atoms with van der Waals surface area (Å²) >= 11 is 3.12. The number of carbonyl (C=O) groups is 1. The second kappa shape index (κ2) is 6.74. The van der Waals surface area contributed by atoms with E-state index in [1.54, 1.807) is 23.7 Å². The number of thiophene rings is 1. The van der Waals surface area contributed by atoms with Crippen molar-refractivity contribution in [2.45, 2.75) is 13.0 Å². The Kier molecular flexibility index (Phi) is 4.29. The van der Waals surface area contributed by atoms with E-state index in [2.05, 4.69) is 21.4 Å². The maximum absolute atomic E-state index is 12.5. The number of rotatable bonds is 4. The van der Waals surface area contributed by atoms with Crippen molar-refractivity contribution < 1.29 is 4.79 Å². The van der Waals surface area contributed by atoms with Gasteiger partial charge in [-0.3, -0.25) is 9.78 Å². The lowest BCUT2D eigenvalue weighted by molar-refractivity contribution is 0.0944. The maximum atomic E-state index is 12.5. The topological polar surface area (TPSA) is 54.9 Å². The van der Waals surface area contributed by atoms with Crippen molar-refractivity contribution in [3.8, 4) is 9.88 Å². The van der Waals surface area contributed by atoms with Gasteiger partial charge in [0, 0.05) is 12.4 Å². The molecule has 25 heavy (non-hydrogen) atoms. The van der Waals surface area contributed by atoms with Crippen molar-refractivity contribution in [2.75, 3.05) is 0 Å². The molecule has 6 heteroatoms. The summed E-state index contributed by atoms with van der Waals surface area (Å²) < 4.78 is 1.16. The molecular weight excluding hydrogens is 350 g/mol. The first kappa shape index (κ1) is 15.9. The van der Waals surface area contributed by atoms with Crippen LogP contribution in [0, 0.1) is 0 Å². The highest BCUT2D eigenvalue weighted by atomic mass is 32.1. The molecule has 0 aliphatic heterocycles. The Morgan fingerprint density at radius 1 is 1.04 bits per heavy atom. The molecular formula is C19H15N3OS2. The van der Waals surface area contributed by atoms with Crippen LogP contribution in [0.4, 0.5) is 0 Å². The highest BCUT2D eigenvalue weighted by Crippen LogP contribution is 2.34. The molecule has 1 aromatic carbocycles. The van der Waals surface area contributed by atoms with Crippen LogP contribution in [0.25, 0.3) is 20.1 Å². The second-order valence-electron chi connectivity index (χ2n) is 5.63. The molecule has 0 aliphatic carbocycles. The molecule has 0 spiro atoms. The molecule has 3 heterocycles. The Morgan fingerprint density at radius 2 is 1.84 bits per heavy atom. The Morgan fingerprint density at radius 3 is 2.64 bits per heavy atom. The zero-order chi connectivity index (χ0) is 17.2. The van der Waals surface area contributed by atoms with E-state index < -0.39 is 0 Å². The predicted octanol–water partition coefficient (Wildman–Crippen LogP) is 4.91. The molecule has 0 radical (unpaired) electrons. The Labute approximate surface area is 153 Å². The Hall–Kier alpha value is -2.57. The van der Waals surface area contributed by atoms with E-state index in [9.17, 15) is 4.79 Å². The Bertz CT molecular complexity index is 990. The van der Waals surface area contributed by atoms with Gasteiger partial charge in [-0.1, -0.05) is 12.1 Å². The van der Waals surface area contributed by atoms with Crippen LogP contribution in [0.5, 0.6) is 0 Å². The molecule has 1 N–H and O–H groups in total. The summed E-state index contributed by atoms with van der Waals surface area (Å²) in [5.41, 5.74) is 2.03. The standard InChI is InChI=1S/C19H15N3OS2/c1-12(13-8-10-20-11-9-13)21-18(23)16-6-7-17(24-16)19-22-14-4-2-3-5-15(14)25-19/h2-12H,1H3,(H,21,23). The number of benzene rings is 1. The molecule has 4 aromatic rings. The number of amides is 1. The van der Waals surface area contributed by atoms with Gasteiger partial charge in [0.2, 0.25) is 0 Å². The summed E-state index contributed by atoms with van der Waals surface area (Å²) in [4.78, 5) is 22.9. The SMILES string of the molecule is CC(NC(=O)c1ccc(-c2nc3ccccc3s2)s1)c1ccncc1. The van der Waals surface area contributed by atoms with E-state index in [1.807, 2.05) is 49.4 Å². The van der Waals surface area contributed by atoms with E-state index in [4.69, 9.17) is 0 Å². The zero-order valence-corrected chi connectivity index (χ0v) is 15.1. The number of carbonyl (C=O) groups excluding carboxylic acids is 1. The molecule has 0 bridgehead atoms. The van der Waals surface area contributed by atoms with Crippen LogP contribution in [0.2, 0.25) is 0 Å². The first-order valence-electron chi connectivity index (χ1n) is 7.87. The number of nitrogens with one attached hydrogen (secondary N) is 1. The van der Waals surface area contributed by atoms with Crippen molar-refractivity contribution >= 4 is 38.8 Å². The molecule has 1 atom stereocenters. The second-order valence-corrected chi connectivity index (χ2v) is 7.74. The van der Waals surface area contributed by atoms with Crippen LogP contribution in [0.1, 0.15) is 28.2 Å². The molecule has 3 aromatic heterocycles. The van der Waals surface area contributed by atoms with Crippen molar-refractivity contribution in [1.82, 2.24) is 15.3 Å². The third kappa shape index (κ3) is 3.31. The van der Waals surface area contributed by atoms with Gasteiger partial charge >= 0.3 is 0 Å². The fourth-order valence-corrected chi connectivity index (χ4v) is 4.49. The van der Waals surface area contributed by atoms with E-state index in [0.29, 0.717) is 4.88 Å². The summed E-state index contributed by atoms with van der Waals surface area (Å²) in [6, 6.07) is 15.6. The van der Waals surface area contributed by atoms with Gasteiger partial charge in [0.1, 0.15) is 5.01 Å². The summed E-state index contributed by atoms with van der Waals surface area (Å²) in [5.74, 6) is -0.0679. The van der Waals surface area contributed by atoms with Gasteiger partial charge < -0.3 is 5.32 Å². The van der Waals surface area contributed by atoms with Gasteiger partial charge in [-0.25, -0.2) is 4.98 Å². The normalized spacial score (nSPS) is 12.2. The van der Waals surface area contributed by atoms with E-state index in [-0.39, 0.29) is 11.9 Å². The van der Waals surface area contributed by atoms with E-state index in [1.165, 1.54) is 11.3 Å². The van der Waals surface area contributed by atoms with E-state index >= 15 is 0 Å². The average molecular weight is 365 g/mol. The predicted molar refractivity (Wildman–Crippen MR) is 103 cm³/mol. The maximum Gasteiger partial charge on any atom is 0.261 e. The van der Waals surface area contributed by atoms with Crippen LogP contribution in [0.3, 0.4) is 0 Å². The molecule has 1 unspecified atom stereocenters. The molecule has 0 fully saturated rings. The van der Waals surface area contributed by atoms with Crippen molar-refractivity contribution in [2.24, 2.45) is 0 Å². The molecule has 0 saturated heterocycles. The minimum Gasteiger partial charge on any atom is -0.345 e. The fraction of sp³-hybridized carbons (Fsp3) is 0.105. The van der Waals surface area contributed by atoms with Crippen LogP contribution in [-0.2, 0) is 0 Å². The zero-order valence-electron chi connectivity index (χ0n) is 13.5. The molecule has 0 saturated carbocycles. The van der Waals surface area contributed by atoms with Crippen LogP contribution in [-0.4, -0.2) is 15.9 Å². The van der Waals surface area contributed by atoms with Gasteiger partial charge in [0.15, 0.2) is 0 Å². The van der Waals surface area contributed by atoms with Crippen LogP contribution in [0.15, 0.2) is 60.9 Å². The highest BCUT2D eigenvalue weighted by Gasteiger charge is 2.15. The summed E-state index contributed by atoms with van der Waals surface area (Å²) in [6.07, 6.45) is 3.46. The quantitative estimate of drug-likeness (QED) is 0.559. The minimum absolute atomic E-state index is 0.0662. The highest BCUT2D eigenvalue weighted by molar-refractivity contribution is 7.26. The third-order valence-electron chi connectivity index (χ3n) is 3.89. The monoisotopic (exact) mass is 365 g/mol. The lowest BCUT2D eigenvalue weighted by Gasteiger charge is -2.13. The fourth-order valence-electron chi connectivity index (χ4n) is 2.56. The Balaban J connectivity index is 1.53.